The van der Waals surface area contributed by atoms with E-state index in [0.717, 1.165) is 0 Å². The van der Waals surface area contributed by atoms with Gasteiger partial charge < -0.3 is 19.9 Å². The first-order chi connectivity index (χ1) is 13.6. The Balaban J connectivity index is 2.23. The van der Waals surface area contributed by atoms with Crippen molar-refractivity contribution in [3.63, 3.8) is 0 Å². The number of ether oxygens (including phenoxy) is 3. The quantitative estimate of drug-likeness (QED) is 0.803. The maximum absolute atomic E-state index is 12.5. The van der Waals surface area contributed by atoms with Gasteiger partial charge in [-0.1, -0.05) is 42.5 Å². The van der Waals surface area contributed by atoms with E-state index in [1.54, 1.807) is 12.1 Å². The number of benzene rings is 2. The zero-order valence-electron chi connectivity index (χ0n) is 15.6. The fourth-order valence-electron chi connectivity index (χ4n) is 3.17. The number of carbonyl (C=O) groups is 1. The van der Waals surface area contributed by atoms with Crippen molar-refractivity contribution in [1.82, 2.24) is 0 Å². The molecule has 3 rings (SSSR count). The molecule has 2 aromatic carbocycles. The summed E-state index contributed by atoms with van der Waals surface area (Å²) < 4.78 is 16.2. The van der Waals surface area contributed by atoms with Gasteiger partial charge in [-0.25, -0.2) is 4.79 Å². The number of carbonyl (C=O) groups excluding carboxylic acids is 1. The number of hydrogen-bond donors (Lipinski definition) is 1. The molecule has 142 valence electrons. The van der Waals surface area contributed by atoms with Crippen molar-refractivity contribution in [2.75, 3.05) is 13.7 Å². The fraction of sp³-hybridized carbons (Fsp3) is 0.182. The maximum atomic E-state index is 12.5. The third kappa shape index (κ3) is 3.55. The lowest BCUT2D eigenvalue weighted by molar-refractivity contribution is -0.136. The van der Waals surface area contributed by atoms with E-state index < -0.39 is 11.9 Å². The maximum Gasteiger partial charge on any atom is 0.340 e. The van der Waals surface area contributed by atoms with Gasteiger partial charge in [0, 0.05) is 5.56 Å². The molecule has 1 heterocycles. The molecule has 6 nitrogen and oxygen atoms in total. The van der Waals surface area contributed by atoms with E-state index >= 15 is 0 Å². The number of allylic oxidation sites excluding steroid dienone is 1. The molecule has 1 atom stereocenters. The normalized spacial score (nSPS) is 16.2. The highest BCUT2D eigenvalue weighted by molar-refractivity contribution is 5.94. The molecule has 0 unspecified atom stereocenters. The minimum Gasteiger partial charge on any atom is -0.494 e. The second-order valence-corrected chi connectivity index (χ2v) is 6.03. The van der Waals surface area contributed by atoms with Crippen molar-refractivity contribution in [1.29, 1.82) is 5.26 Å². The molecule has 0 fully saturated rings. The Labute approximate surface area is 163 Å². The summed E-state index contributed by atoms with van der Waals surface area (Å²) in [5.74, 6) is -0.518. The predicted molar refractivity (Wildman–Crippen MR) is 104 cm³/mol. The van der Waals surface area contributed by atoms with Gasteiger partial charge in [-0.2, -0.15) is 5.26 Å². The van der Waals surface area contributed by atoms with Crippen molar-refractivity contribution in [2.24, 2.45) is 5.73 Å². The number of rotatable bonds is 5. The smallest absolute Gasteiger partial charge is 0.340 e. The molecule has 0 aromatic heterocycles. The Morgan fingerprint density at radius 1 is 1.21 bits per heavy atom. The number of nitriles is 1. The van der Waals surface area contributed by atoms with Crippen LogP contribution in [-0.4, -0.2) is 19.7 Å². The molecule has 0 saturated carbocycles. The van der Waals surface area contributed by atoms with E-state index in [1.807, 2.05) is 49.4 Å². The largest absolute Gasteiger partial charge is 0.494 e. The van der Waals surface area contributed by atoms with Crippen LogP contribution in [0.2, 0.25) is 0 Å². The predicted octanol–water partition coefficient (Wildman–Crippen LogP) is 3.48. The van der Waals surface area contributed by atoms with Crippen LogP contribution in [0.5, 0.6) is 5.75 Å². The summed E-state index contributed by atoms with van der Waals surface area (Å²) in [7, 11) is 1.26. The Bertz CT molecular complexity index is 987. The van der Waals surface area contributed by atoms with Gasteiger partial charge in [-0.05, 0) is 24.6 Å². The summed E-state index contributed by atoms with van der Waals surface area (Å²) in [6.45, 7) is 2.38. The first kappa shape index (κ1) is 19.1. The highest BCUT2D eigenvalue weighted by Crippen LogP contribution is 2.43. The summed E-state index contributed by atoms with van der Waals surface area (Å²) in [5.41, 5.74) is 7.84. The SMILES string of the molecule is CCOc1cccc([C@H]2C(C#N)=C(c3ccccc3)OC(N)=C2C(=O)OC)c1. The van der Waals surface area contributed by atoms with Gasteiger partial charge in [-0.15, -0.1) is 0 Å². The zero-order valence-corrected chi connectivity index (χ0v) is 15.6. The van der Waals surface area contributed by atoms with Crippen molar-refractivity contribution in [3.8, 4) is 11.8 Å². The molecule has 0 radical (unpaired) electrons. The number of nitrogens with zero attached hydrogens (tertiary/aromatic N) is 1. The molecule has 0 bridgehead atoms. The van der Waals surface area contributed by atoms with Gasteiger partial charge >= 0.3 is 5.97 Å². The van der Waals surface area contributed by atoms with E-state index in [4.69, 9.17) is 19.9 Å². The van der Waals surface area contributed by atoms with Gasteiger partial charge in [-0.3, -0.25) is 0 Å². The Hall–Kier alpha value is -3.72. The highest BCUT2D eigenvalue weighted by Gasteiger charge is 2.37. The van der Waals surface area contributed by atoms with Crippen LogP contribution < -0.4 is 10.5 Å². The molecule has 0 spiro atoms. The summed E-state index contributed by atoms with van der Waals surface area (Å²) in [4.78, 5) is 12.5. The van der Waals surface area contributed by atoms with Gasteiger partial charge in [0.1, 0.15) is 11.3 Å². The lowest BCUT2D eigenvalue weighted by Gasteiger charge is -2.28. The average molecular weight is 376 g/mol. The molecule has 2 N–H and O–H groups in total. The lowest BCUT2D eigenvalue weighted by atomic mass is 9.82. The Kier molecular flexibility index (Phi) is 5.66. The molecule has 1 aliphatic heterocycles. The molecular formula is C22H20N2O4. The number of methoxy groups -OCH3 is 1. The van der Waals surface area contributed by atoms with E-state index in [-0.39, 0.29) is 17.0 Å². The van der Waals surface area contributed by atoms with E-state index in [0.29, 0.717) is 29.2 Å². The van der Waals surface area contributed by atoms with Crippen LogP contribution in [0, 0.1) is 11.3 Å². The second kappa shape index (κ2) is 8.31. The van der Waals surface area contributed by atoms with Crippen LogP contribution in [0.15, 0.2) is 71.6 Å². The van der Waals surface area contributed by atoms with E-state index in [9.17, 15) is 10.1 Å². The van der Waals surface area contributed by atoms with Gasteiger partial charge in [0.25, 0.3) is 0 Å². The van der Waals surface area contributed by atoms with Crippen LogP contribution in [-0.2, 0) is 14.3 Å². The minimum atomic E-state index is -0.734. The molecule has 1 aliphatic rings. The topological polar surface area (TPSA) is 94.6 Å². The molecule has 28 heavy (non-hydrogen) atoms. The highest BCUT2D eigenvalue weighted by atomic mass is 16.5. The third-order valence-electron chi connectivity index (χ3n) is 4.36. The van der Waals surface area contributed by atoms with Crippen molar-refractivity contribution in [3.05, 3.63) is 82.8 Å². The standard InChI is InChI=1S/C22H20N2O4/c1-3-27-16-11-7-10-15(12-16)18-17(13-23)20(14-8-5-4-6-9-14)28-21(24)19(18)22(25)26-2/h4-12,18H,3,24H2,1-2H3/t18-/m0/s1. The lowest BCUT2D eigenvalue weighted by Crippen LogP contribution is -2.26. The molecule has 2 aromatic rings. The van der Waals surface area contributed by atoms with Crippen molar-refractivity contribution >= 4 is 11.7 Å². The zero-order chi connectivity index (χ0) is 20.1. The third-order valence-corrected chi connectivity index (χ3v) is 4.36. The Morgan fingerprint density at radius 3 is 2.61 bits per heavy atom. The monoisotopic (exact) mass is 376 g/mol. The van der Waals surface area contributed by atoms with E-state index in [2.05, 4.69) is 6.07 Å². The molecule has 0 saturated heterocycles. The minimum absolute atomic E-state index is 0.0866. The van der Waals surface area contributed by atoms with Crippen molar-refractivity contribution < 1.29 is 19.0 Å². The fourth-order valence-corrected chi connectivity index (χ4v) is 3.17. The number of esters is 1. The van der Waals surface area contributed by atoms with Crippen LogP contribution >= 0.6 is 0 Å². The van der Waals surface area contributed by atoms with E-state index in [1.165, 1.54) is 7.11 Å². The number of nitrogens with two attached hydrogens (primary N) is 1. The summed E-state index contributed by atoms with van der Waals surface area (Å²) in [5, 5.41) is 9.95. The molecular weight excluding hydrogens is 356 g/mol. The molecule has 6 heteroatoms. The average Bonchev–Trinajstić information content (AvgIpc) is 2.73. The number of hydrogen-bond acceptors (Lipinski definition) is 6. The van der Waals surface area contributed by atoms with Crippen LogP contribution in [0.25, 0.3) is 5.76 Å². The van der Waals surface area contributed by atoms with Crippen LogP contribution in [0.4, 0.5) is 0 Å². The van der Waals surface area contributed by atoms with Gasteiger partial charge in [0.2, 0.25) is 5.88 Å². The Morgan fingerprint density at radius 2 is 1.96 bits per heavy atom. The van der Waals surface area contributed by atoms with Crippen molar-refractivity contribution in [2.45, 2.75) is 12.8 Å². The molecule has 0 aliphatic carbocycles. The summed E-state index contributed by atoms with van der Waals surface area (Å²) in [6.07, 6.45) is 0. The van der Waals surface area contributed by atoms with Crippen LogP contribution in [0.3, 0.4) is 0 Å². The van der Waals surface area contributed by atoms with Crippen LogP contribution in [0.1, 0.15) is 24.0 Å². The molecule has 0 amide bonds. The summed E-state index contributed by atoms with van der Waals surface area (Å²) >= 11 is 0. The second-order valence-electron chi connectivity index (χ2n) is 6.03. The summed E-state index contributed by atoms with van der Waals surface area (Å²) in [6, 6.07) is 18.6. The first-order valence-electron chi connectivity index (χ1n) is 8.79. The van der Waals surface area contributed by atoms with Gasteiger partial charge in [0.15, 0.2) is 5.76 Å². The van der Waals surface area contributed by atoms with Gasteiger partial charge in [0.05, 0.1) is 31.3 Å². The first-order valence-corrected chi connectivity index (χ1v) is 8.79.